The van der Waals surface area contributed by atoms with Gasteiger partial charge in [0, 0.05) is 34.7 Å². The Kier molecular flexibility index (Phi) is 4.62. The molecule has 0 atom stereocenters. The van der Waals surface area contributed by atoms with Crippen LogP contribution in [-0.2, 0) is 11.4 Å². The number of nitrogens with zero attached hydrogens (tertiary/aromatic N) is 3. The Hall–Kier alpha value is -2.28. The third kappa shape index (κ3) is 2.69. The van der Waals surface area contributed by atoms with E-state index in [0.29, 0.717) is 12.1 Å². The Labute approximate surface area is 144 Å². The molecule has 0 saturated carbocycles. The zero-order valence-corrected chi connectivity index (χ0v) is 14.7. The highest BCUT2D eigenvalue weighted by molar-refractivity contribution is 7.99. The van der Waals surface area contributed by atoms with Crippen LogP contribution in [0.15, 0.2) is 28.4 Å². The number of thioether (sulfide) groups is 1. The van der Waals surface area contributed by atoms with Crippen LogP contribution in [0.3, 0.4) is 0 Å². The van der Waals surface area contributed by atoms with Crippen molar-refractivity contribution < 1.29 is 14.7 Å². The van der Waals surface area contributed by atoms with Crippen LogP contribution < -0.4 is 0 Å². The summed E-state index contributed by atoms with van der Waals surface area (Å²) in [5.74, 6) is 0.603. The zero-order valence-electron chi connectivity index (χ0n) is 13.9. The maximum atomic E-state index is 12.9. The van der Waals surface area contributed by atoms with Crippen molar-refractivity contribution in [3.8, 4) is 5.88 Å². The van der Waals surface area contributed by atoms with E-state index in [1.807, 2.05) is 26.0 Å². The van der Waals surface area contributed by atoms with Gasteiger partial charge in [0.15, 0.2) is 5.78 Å². The van der Waals surface area contributed by atoms with Crippen LogP contribution in [0.1, 0.15) is 40.4 Å². The first-order chi connectivity index (χ1) is 11.6. The monoisotopic (exact) mass is 345 g/mol. The van der Waals surface area contributed by atoms with Crippen molar-refractivity contribution in [3.05, 3.63) is 40.6 Å². The molecule has 1 aromatic carbocycles. The average Bonchev–Trinajstić information content (AvgIpc) is 2.95. The van der Waals surface area contributed by atoms with E-state index in [2.05, 4.69) is 10.3 Å². The fourth-order valence-corrected chi connectivity index (χ4v) is 4.01. The van der Waals surface area contributed by atoms with Crippen molar-refractivity contribution in [2.45, 2.75) is 31.7 Å². The summed E-state index contributed by atoms with van der Waals surface area (Å²) in [7, 11) is 1.52. The number of ketones is 1. The summed E-state index contributed by atoms with van der Waals surface area (Å²) >= 11 is 1.75. The molecular formula is C17H19N3O3S. The van der Waals surface area contributed by atoms with Crippen LogP contribution >= 0.6 is 11.8 Å². The van der Waals surface area contributed by atoms with E-state index in [1.165, 1.54) is 18.0 Å². The van der Waals surface area contributed by atoms with Gasteiger partial charge in [-0.25, -0.2) is 4.68 Å². The number of rotatable bonds is 4. The standard InChI is InChI=1S/C17H19N3O3S/c1-4-20-17(22)12(9-18-20)16(21)11-5-6-14-15(10(11)2)13(19-23-3)7-8-24-14/h5-6,9,22H,4,7-8H2,1-3H3. The summed E-state index contributed by atoms with van der Waals surface area (Å²) in [5, 5.41) is 18.3. The normalized spacial score (nSPS) is 15.4. The highest BCUT2D eigenvalue weighted by Gasteiger charge is 2.25. The molecule has 3 rings (SSSR count). The van der Waals surface area contributed by atoms with E-state index < -0.39 is 0 Å². The number of aryl methyl sites for hydroxylation is 1. The molecule has 0 unspecified atom stereocenters. The van der Waals surface area contributed by atoms with Crippen LogP contribution in [-0.4, -0.2) is 39.2 Å². The van der Waals surface area contributed by atoms with E-state index in [9.17, 15) is 9.90 Å². The first-order valence-electron chi connectivity index (χ1n) is 7.74. The first-order valence-corrected chi connectivity index (χ1v) is 8.73. The highest BCUT2D eigenvalue weighted by Crippen LogP contribution is 2.35. The van der Waals surface area contributed by atoms with Gasteiger partial charge in [0.2, 0.25) is 5.88 Å². The first kappa shape index (κ1) is 16.6. The summed E-state index contributed by atoms with van der Waals surface area (Å²) in [4.78, 5) is 18.9. The number of aromatic hydroxyl groups is 1. The summed E-state index contributed by atoms with van der Waals surface area (Å²) < 4.78 is 1.40. The van der Waals surface area contributed by atoms with Crippen LogP contribution in [0.2, 0.25) is 0 Å². The largest absolute Gasteiger partial charge is 0.493 e. The van der Waals surface area contributed by atoms with Crippen LogP contribution in [0.5, 0.6) is 5.88 Å². The van der Waals surface area contributed by atoms with Gasteiger partial charge >= 0.3 is 0 Å². The van der Waals surface area contributed by atoms with Crippen molar-refractivity contribution in [2.24, 2.45) is 5.16 Å². The number of aromatic nitrogens is 2. The van der Waals surface area contributed by atoms with Gasteiger partial charge < -0.3 is 9.94 Å². The highest BCUT2D eigenvalue weighted by atomic mass is 32.2. The van der Waals surface area contributed by atoms with E-state index in [0.717, 1.165) is 33.9 Å². The Balaban J connectivity index is 2.09. The number of hydrogen-bond acceptors (Lipinski definition) is 6. The fourth-order valence-electron chi connectivity index (χ4n) is 2.91. The summed E-state index contributed by atoms with van der Waals surface area (Å²) in [5.41, 5.74) is 3.43. The SMILES string of the molecule is CCn1ncc(C(=O)c2ccc3c(c2C)C(=NOC)CCS3)c1O. The molecule has 24 heavy (non-hydrogen) atoms. The molecule has 7 heteroatoms. The van der Waals surface area contributed by atoms with Crippen molar-refractivity contribution in [1.29, 1.82) is 0 Å². The third-order valence-corrected chi connectivity index (χ3v) is 5.17. The molecule has 0 spiro atoms. The van der Waals surface area contributed by atoms with Gasteiger partial charge in [-0.15, -0.1) is 11.8 Å². The van der Waals surface area contributed by atoms with Gasteiger partial charge in [0.25, 0.3) is 0 Å². The predicted molar refractivity (Wildman–Crippen MR) is 93.1 cm³/mol. The topological polar surface area (TPSA) is 76.7 Å². The summed E-state index contributed by atoms with van der Waals surface area (Å²) in [6.45, 7) is 4.27. The Morgan fingerprint density at radius 3 is 2.92 bits per heavy atom. The molecular weight excluding hydrogens is 326 g/mol. The Morgan fingerprint density at radius 2 is 2.25 bits per heavy atom. The van der Waals surface area contributed by atoms with Gasteiger partial charge in [-0.2, -0.15) is 5.10 Å². The maximum Gasteiger partial charge on any atom is 0.220 e. The van der Waals surface area contributed by atoms with E-state index >= 15 is 0 Å². The molecule has 0 fully saturated rings. The molecule has 1 aromatic heterocycles. The second-order valence-electron chi connectivity index (χ2n) is 5.46. The Morgan fingerprint density at radius 1 is 1.46 bits per heavy atom. The maximum absolute atomic E-state index is 12.9. The van der Waals surface area contributed by atoms with Crippen LogP contribution in [0, 0.1) is 6.92 Å². The zero-order chi connectivity index (χ0) is 17.3. The van der Waals surface area contributed by atoms with Gasteiger partial charge in [-0.1, -0.05) is 5.16 Å². The van der Waals surface area contributed by atoms with Crippen molar-refractivity contribution >= 4 is 23.3 Å². The summed E-state index contributed by atoms with van der Waals surface area (Å²) in [6.07, 6.45) is 2.21. The van der Waals surface area contributed by atoms with Gasteiger partial charge in [-0.3, -0.25) is 4.79 Å². The molecule has 126 valence electrons. The van der Waals surface area contributed by atoms with E-state index in [4.69, 9.17) is 4.84 Å². The average molecular weight is 345 g/mol. The minimum absolute atomic E-state index is 0.0974. The molecule has 0 radical (unpaired) electrons. The van der Waals surface area contributed by atoms with Crippen LogP contribution in [0.4, 0.5) is 0 Å². The lowest BCUT2D eigenvalue weighted by Gasteiger charge is -2.20. The number of oxime groups is 1. The number of hydrogen-bond donors (Lipinski definition) is 1. The van der Waals surface area contributed by atoms with Crippen LogP contribution in [0.25, 0.3) is 0 Å². The number of fused-ring (bicyclic) bond motifs is 1. The van der Waals surface area contributed by atoms with Crippen molar-refractivity contribution in [3.63, 3.8) is 0 Å². The molecule has 0 bridgehead atoms. The lowest BCUT2D eigenvalue weighted by atomic mass is 9.93. The van der Waals surface area contributed by atoms with Crippen molar-refractivity contribution in [2.75, 3.05) is 12.9 Å². The van der Waals surface area contributed by atoms with Gasteiger partial charge in [-0.05, 0) is 31.5 Å². The van der Waals surface area contributed by atoms with E-state index in [1.54, 1.807) is 11.8 Å². The molecule has 6 nitrogen and oxygen atoms in total. The Bertz CT molecular complexity index is 827. The molecule has 0 saturated heterocycles. The molecule has 0 amide bonds. The quantitative estimate of drug-likeness (QED) is 0.681. The van der Waals surface area contributed by atoms with Gasteiger partial charge in [0.1, 0.15) is 12.7 Å². The molecule has 1 aliphatic heterocycles. The molecule has 2 aromatic rings. The summed E-state index contributed by atoms with van der Waals surface area (Å²) in [6, 6.07) is 3.74. The van der Waals surface area contributed by atoms with Crippen molar-refractivity contribution in [1.82, 2.24) is 9.78 Å². The number of carbonyl (C=O) groups is 1. The minimum Gasteiger partial charge on any atom is -0.493 e. The lowest BCUT2D eigenvalue weighted by molar-refractivity contribution is 0.103. The minimum atomic E-state index is -0.236. The molecule has 2 heterocycles. The number of benzene rings is 1. The molecule has 0 aliphatic carbocycles. The number of carbonyl (C=O) groups excluding carboxylic acids is 1. The van der Waals surface area contributed by atoms with E-state index in [-0.39, 0.29) is 17.2 Å². The predicted octanol–water partition coefficient (Wildman–Crippen LogP) is 2.99. The third-order valence-electron chi connectivity index (χ3n) is 4.11. The second kappa shape index (κ2) is 6.68. The van der Waals surface area contributed by atoms with Gasteiger partial charge in [0.05, 0.1) is 11.9 Å². The molecule has 1 N–H and O–H groups in total. The second-order valence-corrected chi connectivity index (χ2v) is 6.59. The lowest BCUT2D eigenvalue weighted by Crippen LogP contribution is -2.15. The fraction of sp³-hybridized carbons (Fsp3) is 0.353. The molecule has 1 aliphatic rings. The smallest absolute Gasteiger partial charge is 0.220 e.